The van der Waals surface area contributed by atoms with Gasteiger partial charge in [-0.25, -0.2) is 23.1 Å². The number of ether oxygens (including phenoxy) is 1. The van der Waals surface area contributed by atoms with Crippen LogP contribution in [0.1, 0.15) is 23.0 Å². The first-order valence-electron chi connectivity index (χ1n) is 11.3. The zero-order valence-corrected chi connectivity index (χ0v) is 21.5. The van der Waals surface area contributed by atoms with Crippen LogP contribution in [0.2, 0.25) is 5.02 Å². The van der Waals surface area contributed by atoms with Gasteiger partial charge in [0.15, 0.2) is 0 Å². The summed E-state index contributed by atoms with van der Waals surface area (Å²) >= 11 is 6.09. The van der Waals surface area contributed by atoms with Gasteiger partial charge in [0.25, 0.3) is 0 Å². The second-order valence-corrected chi connectivity index (χ2v) is 10.4. The summed E-state index contributed by atoms with van der Waals surface area (Å²) in [6.07, 6.45) is -4.92. The van der Waals surface area contributed by atoms with E-state index in [4.69, 9.17) is 17.3 Å². The van der Waals surface area contributed by atoms with Crippen molar-refractivity contribution in [2.24, 2.45) is 5.73 Å². The zero-order chi connectivity index (χ0) is 27.5. The van der Waals surface area contributed by atoms with Crippen LogP contribution in [-0.2, 0) is 16.6 Å². The first kappa shape index (κ1) is 27.6. The minimum Gasteiger partial charge on any atom is -0.404 e. The van der Waals surface area contributed by atoms with E-state index in [0.29, 0.717) is 28.1 Å². The molecule has 1 aromatic heterocycles. The lowest BCUT2D eigenvalue weighted by molar-refractivity contribution is -0.274. The fourth-order valence-corrected chi connectivity index (χ4v) is 5.02. The van der Waals surface area contributed by atoms with Gasteiger partial charge in [-0.15, -0.1) is 13.2 Å². The lowest BCUT2D eigenvalue weighted by atomic mass is 10.1. The van der Waals surface area contributed by atoms with Crippen LogP contribution in [0, 0.1) is 6.92 Å². The standard InChI is InChI=1S/C25H23ClF3N5O3S/c1-15-32-21-5-3-2-4-19(21)24(33-15)34-22(17-8-11-23(20(26)12-17)37-25(27,28)29)14-31-38(35,36)18-9-6-16(13-30)7-10-18/h2-12,22,31H,13-14,30H2,1H3,(H,32,33,34)/t22-/m1/s1. The van der Waals surface area contributed by atoms with Gasteiger partial charge in [-0.05, 0) is 54.4 Å². The number of benzene rings is 3. The number of nitrogens with one attached hydrogen (secondary N) is 2. The van der Waals surface area contributed by atoms with Crippen LogP contribution in [0.5, 0.6) is 5.75 Å². The van der Waals surface area contributed by atoms with Crippen molar-refractivity contribution in [2.75, 3.05) is 11.9 Å². The summed E-state index contributed by atoms with van der Waals surface area (Å²) in [6, 6.07) is 16.2. The molecule has 0 bridgehead atoms. The molecule has 0 radical (unpaired) electrons. The number of sulfonamides is 1. The molecule has 8 nitrogen and oxygen atoms in total. The highest BCUT2D eigenvalue weighted by Gasteiger charge is 2.32. The molecule has 0 saturated carbocycles. The minimum absolute atomic E-state index is 0.0312. The summed E-state index contributed by atoms with van der Waals surface area (Å²) < 4.78 is 70.7. The minimum atomic E-state index is -4.92. The van der Waals surface area contributed by atoms with E-state index in [0.717, 1.165) is 11.6 Å². The molecule has 0 aliphatic carbocycles. The maximum absolute atomic E-state index is 13.0. The van der Waals surface area contributed by atoms with E-state index in [-0.39, 0.29) is 23.0 Å². The first-order valence-corrected chi connectivity index (χ1v) is 13.1. The van der Waals surface area contributed by atoms with Gasteiger partial charge in [-0.1, -0.05) is 41.9 Å². The third-order valence-corrected chi connectivity index (χ3v) is 7.29. The summed E-state index contributed by atoms with van der Waals surface area (Å²) in [6.45, 7) is 1.79. The lowest BCUT2D eigenvalue weighted by Gasteiger charge is -2.22. The Morgan fingerprint density at radius 1 is 1.05 bits per heavy atom. The number of aryl methyl sites for hydroxylation is 1. The van der Waals surface area contributed by atoms with Crippen molar-refractivity contribution in [3.63, 3.8) is 0 Å². The molecule has 13 heteroatoms. The second kappa shape index (κ2) is 11.1. The maximum Gasteiger partial charge on any atom is 0.573 e. The molecular formula is C25H23ClF3N5O3S. The summed E-state index contributed by atoms with van der Waals surface area (Å²) in [5.41, 5.74) is 7.41. The number of rotatable bonds is 9. The molecule has 0 spiro atoms. The average Bonchev–Trinajstić information content (AvgIpc) is 2.87. The van der Waals surface area contributed by atoms with Crippen molar-refractivity contribution in [3.05, 3.63) is 88.7 Å². The number of alkyl halides is 3. The van der Waals surface area contributed by atoms with E-state index >= 15 is 0 Å². The highest BCUT2D eigenvalue weighted by atomic mass is 35.5. The normalized spacial score (nSPS) is 12.9. The Morgan fingerprint density at radius 3 is 2.42 bits per heavy atom. The van der Waals surface area contributed by atoms with Crippen molar-refractivity contribution in [1.82, 2.24) is 14.7 Å². The van der Waals surface area contributed by atoms with Crippen molar-refractivity contribution in [1.29, 1.82) is 0 Å². The maximum atomic E-state index is 13.0. The van der Waals surface area contributed by atoms with Crippen LogP contribution in [-0.4, -0.2) is 31.3 Å². The highest BCUT2D eigenvalue weighted by Crippen LogP contribution is 2.33. The van der Waals surface area contributed by atoms with Gasteiger partial charge < -0.3 is 15.8 Å². The van der Waals surface area contributed by atoms with Gasteiger partial charge in [0, 0.05) is 18.5 Å². The van der Waals surface area contributed by atoms with Crippen LogP contribution in [0.25, 0.3) is 10.9 Å². The number of nitrogens with two attached hydrogens (primary N) is 1. The number of halogens is 4. The molecule has 38 heavy (non-hydrogen) atoms. The van der Waals surface area contributed by atoms with E-state index in [1.807, 2.05) is 6.07 Å². The van der Waals surface area contributed by atoms with Crippen LogP contribution >= 0.6 is 11.6 Å². The van der Waals surface area contributed by atoms with Gasteiger partial charge in [0.2, 0.25) is 10.0 Å². The van der Waals surface area contributed by atoms with Gasteiger partial charge in [-0.2, -0.15) is 0 Å². The highest BCUT2D eigenvalue weighted by molar-refractivity contribution is 7.89. The first-order chi connectivity index (χ1) is 17.9. The Balaban J connectivity index is 1.68. The third-order valence-electron chi connectivity index (χ3n) is 5.56. The molecule has 0 aliphatic heterocycles. The van der Waals surface area contributed by atoms with Crippen molar-refractivity contribution < 1.29 is 26.3 Å². The van der Waals surface area contributed by atoms with Crippen LogP contribution in [0.3, 0.4) is 0 Å². The number of hydrogen-bond donors (Lipinski definition) is 3. The molecule has 0 saturated heterocycles. The van der Waals surface area contributed by atoms with E-state index in [9.17, 15) is 21.6 Å². The fraction of sp³-hybridized carbons (Fsp3) is 0.200. The Kier molecular flexibility index (Phi) is 8.07. The van der Waals surface area contributed by atoms with Crippen LogP contribution in [0.4, 0.5) is 19.0 Å². The number of nitrogens with zero attached hydrogens (tertiary/aromatic N) is 2. The summed E-state index contributed by atoms with van der Waals surface area (Å²) in [5, 5.41) is 3.58. The SMILES string of the molecule is Cc1nc(N[C@H](CNS(=O)(=O)c2ccc(CN)cc2)c2ccc(OC(F)(F)F)c(Cl)c2)c2ccccc2n1. The van der Waals surface area contributed by atoms with Crippen molar-refractivity contribution in [3.8, 4) is 5.75 Å². The molecule has 1 heterocycles. The fourth-order valence-electron chi connectivity index (χ4n) is 3.74. The zero-order valence-electron chi connectivity index (χ0n) is 20.0. The van der Waals surface area contributed by atoms with Crippen LogP contribution < -0.4 is 20.5 Å². The summed E-state index contributed by atoms with van der Waals surface area (Å²) in [5.74, 6) is 0.305. The Morgan fingerprint density at radius 2 is 1.76 bits per heavy atom. The molecule has 4 rings (SSSR count). The average molecular weight is 566 g/mol. The number of aromatic nitrogens is 2. The molecule has 0 fully saturated rings. The molecule has 0 unspecified atom stereocenters. The number of fused-ring (bicyclic) bond motifs is 1. The van der Waals surface area contributed by atoms with Gasteiger partial charge in [-0.3, -0.25) is 0 Å². The van der Waals surface area contributed by atoms with E-state index in [2.05, 4.69) is 24.7 Å². The predicted molar refractivity (Wildman–Crippen MR) is 138 cm³/mol. The van der Waals surface area contributed by atoms with Gasteiger partial charge in [0.05, 0.1) is 21.5 Å². The van der Waals surface area contributed by atoms with Crippen molar-refractivity contribution in [2.45, 2.75) is 30.8 Å². The second-order valence-electron chi connectivity index (χ2n) is 8.27. The monoisotopic (exact) mass is 565 g/mol. The molecule has 4 aromatic rings. The Labute approximate surface area is 222 Å². The van der Waals surface area contributed by atoms with E-state index in [1.165, 1.54) is 24.3 Å². The molecule has 3 aromatic carbocycles. The molecule has 4 N–H and O–H groups in total. The lowest BCUT2D eigenvalue weighted by Crippen LogP contribution is -2.32. The number of hydrogen-bond acceptors (Lipinski definition) is 7. The van der Waals surface area contributed by atoms with Crippen LogP contribution in [0.15, 0.2) is 71.6 Å². The van der Waals surface area contributed by atoms with Crippen molar-refractivity contribution >= 4 is 38.3 Å². The molecule has 1 atom stereocenters. The number of anilines is 1. The van der Waals surface area contributed by atoms with Gasteiger partial charge in [0.1, 0.15) is 17.4 Å². The summed E-state index contributed by atoms with van der Waals surface area (Å²) in [7, 11) is -3.94. The summed E-state index contributed by atoms with van der Waals surface area (Å²) in [4.78, 5) is 8.89. The Hall–Kier alpha value is -3.45. The van der Waals surface area contributed by atoms with Gasteiger partial charge >= 0.3 is 6.36 Å². The third kappa shape index (κ3) is 6.70. The van der Waals surface area contributed by atoms with E-state index < -0.39 is 28.2 Å². The number of para-hydroxylation sites is 1. The molecular weight excluding hydrogens is 543 g/mol. The largest absolute Gasteiger partial charge is 0.573 e. The topological polar surface area (TPSA) is 119 Å². The quantitative estimate of drug-likeness (QED) is 0.259. The molecule has 200 valence electrons. The molecule has 0 amide bonds. The molecule has 0 aliphatic rings. The smallest absolute Gasteiger partial charge is 0.404 e. The Bertz CT molecular complexity index is 1550. The van der Waals surface area contributed by atoms with E-state index in [1.54, 1.807) is 37.3 Å². The predicted octanol–water partition coefficient (Wildman–Crippen LogP) is 5.08.